The minimum atomic E-state index is -1.08. The maximum atomic E-state index is 13.2. The van der Waals surface area contributed by atoms with E-state index in [1.807, 2.05) is 57.2 Å². The van der Waals surface area contributed by atoms with Gasteiger partial charge in [0.1, 0.15) is 18.8 Å². The Morgan fingerprint density at radius 2 is 1.75 bits per heavy atom. The number of carbonyl (C=O) groups excluding carboxylic acids is 2. The maximum Gasteiger partial charge on any atom is 0.408 e. The number of amides is 2. The topological polar surface area (TPSA) is 105 Å². The summed E-state index contributed by atoms with van der Waals surface area (Å²) in [6.07, 6.45) is 7.59. The van der Waals surface area contributed by atoms with E-state index in [4.69, 9.17) is 4.74 Å². The molecule has 0 heterocycles. The molecule has 0 aliphatic rings. The summed E-state index contributed by atoms with van der Waals surface area (Å²) in [4.78, 5) is 38.0. The Bertz CT molecular complexity index is 975. The van der Waals surface area contributed by atoms with Crippen LogP contribution in [0.25, 0.3) is 6.08 Å². The Kier molecular flexibility index (Phi) is 12.4. The monoisotopic (exact) mass is 498 g/mol. The summed E-state index contributed by atoms with van der Waals surface area (Å²) in [6, 6.07) is 7.88. The molecule has 0 bridgehead atoms. The first-order valence-corrected chi connectivity index (χ1v) is 13.2. The van der Waals surface area contributed by atoms with Gasteiger partial charge in [0.2, 0.25) is 5.91 Å². The quantitative estimate of drug-likeness (QED) is 0.277. The number of rotatable bonds is 16. The highest BCUT2D eigenvalue weighted by Crippen LogP contribution is 2.27. The number of allylic oxidation sites excluding steroid dienone is 1. The van der Waals surface area contributed by atoms with Crippen molar-refractivity contribution in [2.45, 2.75) is 97.4 Å². The highest BCUT2D eigenvalue weighted by Gasteiger charge is 2.34. The highest BCUT2D eigenvalue weighted by atomic mass is 16.5. The lowest BCUT2D eigenvalue weighted by atomic mass is 9.99. The zero-order valence-corrected chi connectivity index (χ0v) is 22.1. The maximum absolute atomic E-state index is 13.2. The van der Waals surface area contributed by atoms with Crippen molar-refractivity contribution in [2.24, 2.45) is 5.92 Å². The zero-order chi connectivity index (χ0) is 26.5. The summed E-state index contributed by atoms with van der Waals surface area (Å²) in [5.41, 5.74) is 1.62. The van der Waals surface area contributed by atoms with Crippen LogP contribution in [0.4, 0.5) is 4.79 Å². The fraction of sp³-hybridized carbons (Fsp3) is 0.552. The van der Waals surface area contributed by atoms with Crippen LogP contribution in [-0.4, -0.2) is 29.2 Å². The van der Waals surface area contributed by atoms with Crippen LogP contribution in [0.15, 0.2) is 41.2 Å². The first kappa shape index (κ1) is 29.3. The van der Waals surface area contributed by atoms with Gasteiger partial charge in [0.15, 0.2) is 5.43 Å². The molecule has 36 heavy (non-hydrogen) atoms. The molecule has 3 atom stereocenters. The molecule has 0 saturated heterocycles. The van der Waals surface area contributed by atoms with Gasteiger partial charge in [-0.05, 0) is 30.7 Å². The molecule has 2 aromatic carbocycles. The number of hydrogen-bond donors (Lipinski definition) is 3. The van der Waals surface area contributed by atoms with Gasteiger partial charge < -0.3 is 20.5 Å². The highest BCUT2D eigenvalue weighted by molar-refractivity contribution is 5.86. The fourth-order valence-corrected chi connectivity index (χ4v) is 4.01. The summed E-state index contributed by atoms with van der Waals surface area (Å²) in [6.45, 7) is 8.17. The Morgan fingerprint density at radius 1 is 1.06 bits per heavy atom. The van der Waals surface area contributed by atoms with E-state index in [2.05, 4.69) is 17.6 Å². The first-order valence-electron chi connectivity index (χ1n) is 13.2. The molecule has 198 valence electrons. The van der Waals surface area contributed by atoms with Crippen LogP contribution in [-0.2, 0) is 16.1 Å². The molecule has 7 heteroatoms. The van der Waals surface area contributed by atoms with Crippen molar-refractivity contribution in [3.8, 4) is 0 Å². The van der Waals surface area contributed by atoms with E-state index >= 15 is 0 Å². The normalized spacial score (nSPS) is 14.2. The minimum absolute atomic E-state index is 0.103. The molecule has 2 amide bonds. The molecule has 0 aliphatic carbocycles. The molecule has 2 aromatic rings. The standard InChI is InChI=1S/C29H42N2O5/c1-5-7-9-13-16-22-25(26(22)32)27(33)23(17-8-6-2)30-28(34)24(18-20(3)4)31-29(35)36-19-21-14-11-10-12-15-21/h10-16,20,23-24,27,33H,5-9,17-19H2,1-4H3,(H,30,34)(H,31,35)/b16-13-/t23-,24-,27+/m0/s1. The Morgan fingerprint density at radius 3 is 2.39 bits per heavy atom. The summed E-state index contributed by atoms with van der Waals surface area (Å²) in [7, 11) is 0. The van der Waals surface area contributed by atoms with Crippen LogP contribution < -0.4 is 16.1 Å². The molecule has 7 nitrogen and oxygen atoms in total. The van der Waals surface area contributed by atoms with Crippen LogP contribution in [0.1, 0.15) is 95.4 Å². The van der Waals surface area contributed by atoms with Gasteiger partial charge in [0.05, 0.1) is 6.04 Å². The van der Waals surface area contributed by atoms with Crippen LogP contribution in [0.2, 0.25) is 0 Å². The lowest BCUT2D eigenvalue weighted by molar-refractivity contribution is -0.125. The first-order chi connectivity index (χ1) is 17.3. The molecule has 2 rings (SSSR count). The summed E-state index contributed by atoms with van der Waals surface area (Å²) < 4.78 is 5.30. The van der Waals surface area contributed by atoms with E-state index < -0.39 is 30.2 Å². The number of aliphatic hydroxyl groups is 1. The van der Waals surface area contributed by atoms with E-state index in [0.717, 1.165) is 37.7 Å². The largest absolute Gasteiger partial charge is 0.445 e. The number of carbonyl (C=O) groups is 2. The molecule has 0 spiro atoms. The minimum Gasteiger partial charge on any atom is -0.445 e. The Hall–Kier alpha value is -2.93. The second-order valence-corrected chi connectivity index (χ2v) is 9.79. The van der Waals surface area contributed by atoms with Gasteiger partial charge >= 0.3 is 6.09 Å². The van der Waals surface area contributed by atoms with Gasteiger partial charge in [-0.2, -0.15) is 0 Å². The molecule has 0 unspecified atom stereocenters. The van der Waals surface area contributed by atoms with Crippen molar-refractivity contribution >= 4 is 18.1 Å². The third-order valence-electron chi connectivity index (χ3n) is 6.13. The van der Waals surface area contributed by atoms with Gasteiger partial charge in [-0.15, -0.1) is 0 Å². The molecule has 0 aliphatic heterocycles. The second-order valence-electron chi connectivity index (χ2n) is 9.79. The molecule has 0 aromatic heterocycles. The third-order valence-corrected chi connectivity index (χ3v) is 6.13. The number of nitrogens with one attached hydrogen (secondary N) is 2. The van der Waals surface area contributed by atoms with Gasteiger partial charge in [0, 0.05) is 11.1 Å². The lowest BCUT2D eigenvalue weighted by Gasteiger charge is -2.26. The van der Waals surface area contributed by atoms with Crippen molar-refractivity contribution in [1.82, 2.24) is 10.6 Å². The van der Waals surface area contributed by atoms with Crippen LogP contribution >= 0.6 is 0 Å². The number of unbranched alkanes of at least 4 members (excludes halogenated alkanes) is 3. The van der Waals surface area contributed by atoms with Gasteiger partial charge in [-0.3, -0.25) is 9.59 Å². The summed E-state index contributed by atoms with van der Waals surface area (Å²) in [5, 5.41) is 16.6. The van der Waals surface area contributed by atoms with Crippen molar-refractivity contribution in [2.75, 3.05) is 0 Å². The number of hydrogen-bond acceptors (Lipinski definition) is 5. The summed E-state index contributed by atoms with van der Waals surface area (Å²) >= 11 is 0. The van der Waals surface area contributed by atoms with Gasteiger partial charge in [-0.25, -0.2) is 4.79 Å². The van der Waals surface area contributed by atoms with E-state index in [1.54, 1.807) is 6.08 Å². The van der Waals surface area contributed by atoms with E-state index in [1.165, 1.54) is 0 Å². The molecular formula is C29H42N2O5. The molecule has 0 radical (unpaired) electrons. The van der Waals surface area contributed by atoms with E-state index in [0.29, 0.717) is 24.0 Å². The third kappa shape index (κ3) is 9.61. The average Bonchev–Trinajstić information content (AvgIpc) is 3.51. The average molecular weight is 499 g/mol. The molecular weight excluding hydrogens is 456 g/mol. The lowest BCUT2D eigenvalue weighted by Crippen LogP contribution is -2.51. The molecule has 0 fully saturated rings. The second kappa shape index (κ2) is 15.2. The van der Waals surface area contributed by atoms with Crippen molar-refractivity contribution in [1.29, 1.82) is 0 Å². The zero-order valence-electron chi connectivity index (χ0n) is 22.1. The van der Waals surface area contributed by atoms with Gasteiger partial charge in [-0.1, -0.05) is 95.9 Å². The Balaban J connectivity index is 2.04. The van der Waals surface area contributed by atoms with Crippen LogP contribution in [0.3, 0.4) is 0 Å². The van der Waals surface area contributed by atoms with E-state index in [-0.39, 0.29) is 18.0 Å². The van der Waals surface area contributed by atoms with Gasteiger partial charge in [0.25, 0.3) is 0 Å². The molecule has 0 saturated carbocycles. The fourth-order valence-electron chi connectivity index (χ4n) is 4.01. The van der Waals surface area contributed by atoms with Crippen molar-refractivity contribution in [3.63, 3.8) is 0 Å². The number of ether oxygens (including phenoxy) is 1. The Labute approximate surface area is 215 Å². The smallest absolute Gasteiger partial charge is 0.408 e. The predicted molar refractivity (Wildman–Crippen MR) is 143 cm³/mol. The van der Waals surface area contributed by atoms with E-state index in [9.17, 15) is 19.5 Å². The van der Waals surface area contributed by atoms with Crippen LogP contribution in [0, 0.1) is 5.92 Å². The predicted octanol–water partition coefficient (Wildman–Crippen LogP) is 5.18. The van der Waals surface area contributed by atoms with Crippen molar-refractivity contribution < 1.29 is 19.4 Å². The number of aliphatic hydroxyl groups excluding tert-OH is 1. The molecule has 3 N–H and O–H groups in total. The van der Waals surface area contributed by atoms with Crippen molar-refractivity contribution in [3.05, 3.63) is 63.3 Å². The van der Waals surface area contributed by atoms with Crippen LogP contribution in [0.5, 0.6) is 0 Å². The SMILES string of the molecule is CCCC/C=C\c1c([C@H](O)[C@H](CCCC)NC(=O)[C@H](CC(C)C)NC(=O)OCc2ccccc2)c1=O. The number of benzene rings is 1. The number of alkyl carbamates (subject to hydrolysis) is 1. The summed E-state index contributed by atoms with van der Waals surface area (Å²) in [5.74, 6) is -0.254.